The van der Waals surface area contributed by atoms with Gasteiger partial charge < -0.3 is 15.0 Å². The van der Waals surface area contributed by atoms with Gasteiger partial charge in [0.25, 0.3) is 0 Å². The second-order valence-corrected chi connectivity index (χ2v) is 6.20. The van der Waals surface area contributed by atoms with Crippen LogP contribution in [0.5, 0.6) is 0 Å². The molecule has 0 amide bonds. The first-order chi connectivity index (χ1) is 11.2. The molecule has 124 valence electrons. The van der Waals surface area contributed by atoms with E-state index in [2.05, 4.69) is 53.8 Å². The molecule has 2 N–H and O–H groups in total. The van der Waals surface area contributed by atoms with Gasteiger partial charge in [0.2, 0.25) is 0 Å². The Bertz CT molecular complexity index is 683. The first-order valence-electron chi connectivity index (χ1n) is 8.53. The van der Waals surface area contributed by atoms with Crippen LogP contribution in [0.25, 0.3) is 16.6 Å². The largest absolute Gasteiger partial charge is 0.384 e. The van der Waals surface area contributed by atoms with E-state index in [0.29, 0.717) is 0 Å². The Balaban J connectivity index is 1.62. The van der Waals surface area contributed by atoms with Gasteiger partial charge in [0, 0.05) is 48.5 Å². The lowest BCUT2D eigenvalue weighted by molar-refractivity contribution is 0.0388. The fourth-order valence-corrected chi connectivity index (χ4v) is 3.22. The first kappa shape index (κ1) is 16.1. The van der Waals surface area contributed by atoms with Gasteiger partial charge in [-0.15, -0.1) is 0 Å². The maximum Gasteiger partial charge on any atom is 0.0594 e. The number of nitrogens with zero attached hydrogens (tertiary/aromatic N) is 1. The average Bonchev–Trinajstić information content (AvgIpc) is 2.91. The zero-order valence-corrected chi connectivity index (χ0v) is 14.2. The molecular formula is C19H27N3O. The van der Waals surface area contributed by atoms with Crippen molar-refractivity contribution in [3.63, 3.8) is 0 Å². The van der Waals surface area contributed by atoms with Crippen LogP contribution in [0.3, 0.4) is 0 Å². The summed E-state index contributed by atoms with van der Waals surface area (Å²) >= 11 is 0. The van der Waals surface area contributed by atoms with E-state index < -0.39 is 0 Å². The number of hydrogen-bond acceptors (Lipinski definition) is 3. The standard InChI is InChI=1S/C19H27N3O/c1-4-18-14(2)17-13-16(5-6-19(17)21-18)15(3)20-7-8-22-9-11-23-12-10-22/h5-6,13,20-21H,3-4,7-12H2,1-2H3. The van der Waals surface area contributed by atoms with Crippen molar-refractivity contribution in [3.8, 4) is 0 Å². The molecule has 0 radical (unpaired) electrons. The Morgan fingerprint density at radius 1 is 1.35 bits per heavy atom. The van der Waals surface area contributed by atoms with Crippen molar-refractivity contribution >= 4 is 16.6 Å². The van der Waals surface area contributed by atoms with Crippen LogP contribution in [0.2, 0.25) is 0 Å². The van der Waals surface area contributed by atoms with Crippen LogP contribution < -0.4 is 5.32 Å². The average molecular weight is 313 g/mol. The third-order valence-electron chi connectivity index (χ3n) is 4.73. The van der Waals surface area contributed by atoms with E-state index in [0.717, 1.165) is 51.5 Å². The number of nitrogens with one attached hydrogen (secondary N) is 2. The molecule has 1 aromatic heterocycles. The number of ether oxygens (including phenoxy) is 1. The van der Waals surface area contributed by atoms with Gasteiger partial charge in [0.15, 0.2) is 0 Å². The van der Waals surface area contributed by atoms with Crippen molar-refractivity contribution in [3.05, 3.63) is 41.6 Å². The highest BCUT2D eigenvalue weighted by atomic mass is 16.5. The minimum atomic E-state index is 0.851. The minimum Gasteiger partial charge on any atom is -0.384 e. The van der Waals surface area contributed by atoms with Gasteiger partial charge in [-0.05, 0) is 36.6 Å². The second kappa shape index (κ2) is 7.20. The van der Waals surface area contributed by atoms with Gasteiger partial charge in [-0.3, -0.25) is 4.90 Å². The van der Waals surface area contributed by atoms with Gasteiger partial charge in [-0.25, -0.2) is 0 Å². The monoisotopic (exact) mass is 313 g/mol. The van der Waals surface area contributed by atoms with E-state index >= 15 is 0 Å². The lowest BCUT2D eigenvalue weighted by Gasteiger charge is -2.26. The van der Waals surface area contributed by atoms with E-state index in [-0.39, 0.29) is 0 Å². The van der Waals surface area contributed by atoms with Crippen molar-refractivity contribution in [2.75, 3.05) is 39.4 Å². The number of aromatic amines is 1. The lowest BCUT2D eigenvalue weighted by Crippen LogP contribution is -2.40. The smallest absolute Gasteiger partial charge is 0.0594 e. The molecule has 1 aliphatic rings. The van der Waals surface area contributed by atoms with E-state index in [9.17, 15) is 0 Å². The zero-order chi connectivity index (χ0) is 16.2. The summed E-state index contributed by atoms with van der Waals surface area (Å²) in [5, 5.41) is 4.77. The van der Waals surface area contributed by atoms with Gasteiger partial charge in [-0.2, -0.15) is 0 Å². The summed E-state index contributed by atoms with van der Waals surface area (Å²) in [6.45, 7) is 14.3. The van der Waals surface area contributed by atoms with Crippen molar-refractivity contribution < 1.29 is 4.74 Å². The number of benzene rings is 1. The Morgan fingerprint density at radius 3 is 2.87 bits per heavy atom. The van der Waals surface area contributed by atoms with E-state index in [4.69, 9.17) is 4.74 Å². The molecule has 0 spiro atoms. The highest BCUT2D eigenvalue weighted by Gasteiger charge is 2.10. The number of rotatable bonds is 6. The number of H-pyrrole nitrogens is 1. The Hall–Kier alpha value is -1.78. The van der Waals surface area contributed by atoms with Crippen LogP contribution in [0.15, 0.2) is 24.8 Å². The van der Waals surface area contributed by atoms with E-state index in [1.54, 1.807) is 0 Å². The molecule has 1 aliphatic heterocycles. The molecule has 4 heteroatoms. The molecular weight excluding hydrogens is 286 g/mol. The van der Waals surface area contributed by atoms with Crippen molar-refractivity contribution in [2.24, 2.45) is 0 Å². The molecule has 3 rings (SSSR count). The predicted octanol–water partition coefficient (Wildman–Crippen LogP) is 2.93. The highest BCUT2D eigenvalue weighted by molar-refractivity contribution is 5.87. The molecule has 0 bridgehead atoms. The van der Waals surface area contributed by atoms with Crippen molar-refractivity contribution in [1.82, 2.24) is 15.2 Å². The zero-order valence-electron chi connectivity index (χ0n) is 14.2. The quantitative estimate of drug-likeness (QED) is 0.861. The molecule has 2 heterocycles. The van der Waals surface area contributed by atoms with Crippen LogP contribution in [-0.2, 0) is 11.2 Å². The number of aryl methyl sites for hydroxylation is 2. The molecule has 0 saturated carbocycles. The fourth-order valence-electron chi connectivity index (χ4n) is 3.22. The highest BCUT2D eigenvalue weighted by Crippen LogP contribution is 2.25. The number of morpholine rings is 1. The second-order valence-electron chi connectivity index (χ2n) is 6.20. The van der Waals surface area contributed by atoms with Gasteiger partial charge in [-0.1, -0.05) is 19.6 Å². The van der Waals surface area contributed by atoms with Crippen LogP contribution in [-0.4, -0.2) is 49.3 Å². The Kier molecular flexibility index (Phi) is 5.03. The van der Waals surface area contributed by atoms with Crippen molar-refractivity contribution in [2.45, 2.75) is 20.3 Å². The van der Waals surface area contributed by atoms with Gasteiger partial charge in [0.05, 0.1) is 13.2 Å². The number of aromatic nitrogens is 1. The normalized spacial score (nSPS) is 15.9. The molecule has 1 aromatic carbocycles. The van der Waals surface area contributed by atoms with Gasteiger partial charge in [0.1, 0.15) is 0 Å². The third-order valence-corrected chi connectivity index (χ3v) is 4.73. The molecule has 0 atom stereocenters. The summed E-state index contributed by atoms with van der Waals surface area (Å²) in [6.07, 6.45) is 1.04. The minimum absolute atomic E-state index is 0.851. The van der Waals surface area contributed by atoms with Crippen LogP contribution in [0, 0.1) is 6.92 Å². The molecule has 4 nitrogen and oxygen atoms in total. The topological polar surface area (TPSA) is 40.3 Å². The summed E-state index contributed by atoms with van der Waals surface area (Å²) in [6, 6.07) is 6.54. The molecule has 0 unspecified atom stereocenters. The third kappa shape index (κ3) is 3.59. The summed E-state index contributed by atoms with van der Waals surface area (Å²) in [5.74, 6) is 0. The number of hydrogen-bond donors (Lipinski definition) is 2. The van der Waals surface area contributed by atoms with E-state index in [1.807, 2.05) is 0 Å². The van der Waals surface area contributed by atoms with E-state index in [1.165, 1.54) is 27.7 Å². The first-order valence-corrected chi connectivity index (χ1v) is 8.53. The van der Waals surface area contributed by atoms with Crippen LogP contribution in [0.4, 0.5) is 0 Å². The molecule has 2 aromatic rings. The summed E-state index contributed by atoms with van der Waals surface area (Å²) in [4.78, 5) is 5.92. The van der Waals surface area contributed by atoms with Crippen LogP contribution in [0.1, 0.15) is 23.7 Å². The summed E-state index contributed by atoms with van der Waals surface area (Å²) < 4.78 is 5.38. The summed E-state index contributed by atoms with van der Waals surface area (Å²) in [7, 11) is 0. The Morgan fingerprint density at radius 2 is 2.13 bits per heavy atom. The maximum atomic E-state index is 5.38. The molecule has 23 heavy (non-hydrogen) atoms. The fraction of sp³-hybridized carbons (Fsp3) is 0.474. The number of fused-ring (bicyclic) bond motifs is 1. The van der Waals surface area contributed by atoms with Crippen molar-refractivity contribution in [1.29, 1.82) is 0 Å². The van der Waals surface area contributed by atoms with Crippen LogP contribution >= 0.6 is 0 Å². The molecule has 0 aliphatic carbocycles. The predicted molar refractivity (Wildman–Crippen MR) is 96.7 cm³/mol. The van der Waals surface area contributed by atoms with Gasteiger partial charge >= 0.3 is 0 Å². The SMILES string of the molecule is C=C(NCCN1CCOCC1)c1ccc2[nH]c(CC)c(C)c2c1. The lowest BCUT2D eigenvalue weighted by atomic mass is 10.1. The molecule has 1 fully saturated rings. The maximum absolute atomic E-state index is 5.38. The molecule has 1 saturated heterocycles. The summed E-state index contributed by atoms with van der Waals surface area (Å²) in [5.41, 5.74) is 6.06. The Labute approximate surface area is 138 Å².